The molecule has 0 aliphatic heterocycles. The molecular formula is C20H20FNO4S. The molecule has 142 valence electrons. The van der Waals surface area contributed by atoms with E-state index in [0.717, 1.165) is 12.8 Å². The van der Waals surface area contributed by atoms with Gasteiger partial charge in [-0.25, -0.2) is 17.5 Å². The van der Waals surface area contributed by atoms with Crippen LogP contribution in [0.1, 0.15) is 48.5 Å². The largest absolute Gasteiger partial charge is 0.295 e. The molecule has 27 heavy (non-hydrogen) atoms. The first-order chi connectivity index (χ1) is 12.7. The van der Waals surface area contributed by atoms with E-state index in [9.17, 15) is 22.4 Å². The first-order valence-electron chi connectivity index (χ1n) is 8.69. The van der Waals surface area contributed by atoms with Gasteiger partial charge in [0.15, 0.2) is 5.78 Å². The van der Waals surface area contributed by atoms with Crippen molar-refractivity contribution in [2.45, 2.75) is 42.9 Å². The summed E-state index contributed by atoms with van der Waals surface area (Å²) in [5.74, 6) is -1.30. The number of carbonyl (C=O) groups excluding carboxylic acids is 2. The van der Waals surface area contributed by atoms with Gasteiger partial charge in [0.25, 0.3) is 10.0 Å². The fourth-order valence-electron chi connectivity index (χ4n) is 3.56. The second-order valence-corrected chi connectivity index (χ2v) is 8.50. The van der Waals surface area contributed by atoms with Crippen LogP contribution in [0, 0.1) is 5.82 Å². The molecular weight excluding hydrogens is 369 g/mol. The van der Waals surface area contributed by atoms with E-state index in [0.29, 0.717) is 24.0 Å². The van der Waals surface area contributed by atoms with Crippen molar-refractivity contribution >= 4 is 21.7 Å². The molecule has 1 saturated carbocycles. The van der Waals surface area contributed by atoms with Crippen LogP contribution >= 0.6 is 0 Å². The highest BCUT2D eigenvalue weighted by atomic mass is 32.2. The quantitative estimate of drug-likeness (QED) is 0.796. The highest BCUT2D eigenvalue weighted by molar-refractivity contribution is 7.90. The number of hydrogen-bond acceptors (Lipinski definition) is 4. The fourth-order valence-corrected chi connectivity index (χ4v) is 4.61. The van der Waals surface area contributed by atoms with Crippen LogP contribution in [0.15, 0.2) is 53.4 Å². The Balaban J connectivity index is 1.90. The zero-order valence-electron chi connectivity index (χ0n) is 14.9. The van der Waals surface area contributed by atoms with Crippen molar-refractivity contribution < 1.29 is 22.4 Å². The molecule has 0 aromatic heterocycles. The Morgan fingerprint density at radius 2 is 1.67 bits per heavy atom. The van der Waals surface area contributed by atoms with E-state index in [1.54, 1.807) is 6.07 Å². The lowest BCUT2D eigenvalue weighted by Crippen LogP contribution is -2.45. The Morgan fingerprint density at radius 3 is 2.22 bits per heavy atom. The van der Waals surface area contributed by atoms with E-state index < -0.39 is 27.2 Å². The predicted octanol–water partition coefficient (Wildman–Crippen LogP) is 3.35. The Hall–Kier alpha value is -2.54. The molecule has 0 atom stereocenters. The van der Waals surface area contributed by atoms with Gasteiger partial charge in [-0.15, -0.1) is 0 Å². The number of hydrogen-bond donors (Lipinski definition) is 1. The normalized spacial score (nSPS) is 16.1. The minimum absolute atomic E-state index is 0.103. The lowest BCUT2D eigenvalue weighted by atomic mass is 9.78. The van der Waals surface area contributed by atoms with Crippen molar-refractivity contribution in [2.75, 3.05) is 0 Å². The summed E-state index contributed by atoms with van der Waals surface area (Å²) < 4.78 is 41.1. The van der Waals surface area contributed by atoms with Crippen molar-refractivity contribution in [2.24, 2.45) is 0 Å². The Morgan fingerprint density at radius 1 is 1.04 bits per heavy atom. The van der Waals surface area contributed by atoms with E-state index >= 15 is 0 Å². The molecule has 1 aliphatic rings. The number of carbonyl (C=O) groups is 2. The van der Waals surface area contributed by atoms with Gasteiger partial charge in [0.1, 0.15) is 5.82 Å². The highest BCUT2D eigenvalue weighted by Gasteiger charge is 2.44. The average molecular weight is 389 g/mol. The fraction of sp³-hybridized carbons (Fsp3) is 0.300. The van der Waals surface area contributed by atoms with Crippen molar-refractivity contribution in [3.05, 3.63) is 65.5 Å². The third-order valence-corrected chi connectivity index (χ3v) is 6.41. The van der Waals surface area contributed by atoms with Crippen LogP contribution in [0.2, 0.25) is 0 Å². The van der Waals surface area contributed by atoms with Crippen molar-refractivity contribution in [3.8, 4) is 0 Å². The van der Waals surface area contributed by atoms with Gasteiger partial charge in [0, 0.05) is 5.56 Å². The van der Waals surface area contributed by atoms with Crippen LogP contribution in [-0.4, -0.2) is 20.1 Å². The zero-order valence-corrected chi connectivity index (χ0v) is 15.7. The first kappa shape index (κ1) is 19.2. The molecule has 0 bridgehead atoms. The second-order valence-electron chi connectivity index (χ2n) is 6.81. The smallest absolute Gasteiger partial charge is 0.264 e. The maximum Gasteiger partial charge on any atom is 0.264 e. The Labute approximate surface area is 157 Å². The summed E-state index contributed by atoms with van der Waals surface area (Å²) in [6.45, 7) is 1.38. The van der Waals surface area contributed by atoms with Crippen LogP contribution in [0.25, 0.3) is 0 Å². The van der Waals surface area contributed by atoms with Crippen LogP contribution in [0.4, 0.5) is 4.39 Å². The van der Waals surface area contributed by atoms with Gasteiger partial charge in [-0.1, -0.05) is 37.1 Å². The zero-order chi connectivity index (χ0) is 19.7. The van der Waals surface area contributed by atoms with Crippen LogP contribution < -0.4 is 4.72 Å². The maximum atomic E-state index is 13.7. The summed E-state index contributed by atoms with van der Waals surface area (Å²) >= 11 is 0. The van der Waals surface area contributed by atoms with Crippen LogP contribution in [0.3, 0.4) is 0 Å². The standard InChI is InChI=1S/C20H20FNO4S/c1-14(23)15-7-9-18(10-8-15)27(25,26)22-19(24)20(11-2-3-12-20)16-5-4-6-17(21)13-16/h4-10,13H,2-3,11-12H2,1H3,(H,22,24). The van der Waals surface area contributed by atoms with Gasteiger partial charge < -0.3 is 0 Å². The monoisotopic (exact) mass is 389 g/mol. The molecule has 3 rings (SSSR count). The number of sulfonamides is 1. The predicted molar refractivity (Wildman–Crippen MR) is 98.3 cm³/mol. The molecule has 7 heteroatoms. The number of amides is 1. The van der Waals surface area contributed by atoms with Crippen molar-refractivity contribution in [1.82, 2.24) is 4.72 Å². The van der Waals surface area contributed by atoms with E-state index in [1.807, 2.05) is 0 Å². The van der Waals surface area contributed by atoms with Crippen LogP contribution in [0.5, 0.6) is 0 Å². The van der Waals surface area contributed by atoms with Gasteiger partial charge in [-0.05, 0) is 49.6 Å². The lowest BCUT2D eigenvalue weighted by Gasteiger charge is -2.28. The van der Waals surface area contributed by atoms with E-state index in [2.05, 4.69) is 4.72 Å². The summed E-state index contributed by atoms with van der Waals surface area (Å²) in [4.78, 5) is 24.2. The molecule has 2 aromatic rings. The summed E-state index contributed by atoms with van der Waals surface area (Å²) in [5.41, 5.74) is -0.193. The molecule has 0 saturated heterocycles. The van der Waals surface area contributed by atoms with Crippen molar-refractivity contribution in [3.63, 3.8) is 0 Å². The van der Waals surface area contributed by atoms with Gasteiger partial charge in [0.05, 0.1) is 10.3 Å². The summed E-state index contributed by atoms with van der Waals surface area (Å²) in [5, 5.41) is 0. The first-order valence-corrected chi connectivity index (χ1v) is 10.2. The number of ketones is 1. The minimum Gasteiger partial charge on any atom is -0.295 e. The van der Waals surface area contributed by atoms with Gasteiger partial charge in [-0.3, -0.25) is 9.59 Å². The molecule has 1 fully saturated rings. The molecule has 0 unspecified atom stereocenters. The second kappa shape index (κ2) is 7.23. The van der Waals surface area contributed by atoms with Gasteiger partial charge >= 0.3 is 0 Å². The topological polar surface area (TPSA) is 80.3 Å². The molecule has 0 spiro atoms. The van der Waals surface area contributed by atoms with E-state index in [4.69, 9.17) is 0 Å². The molecule has 1 N–H and O–H groups in total. The van der Waals surface area contributed by atoms with Gasteiger partial charge in [0.2, 0.25) is 5.91 Å². The number of nitrogens with one attached hydrogen (secondary N) is 1. The van der Waals surface area contributed by atoms with Crippen molar-refractivity contribution in [1.29, 1.82) is 0 Å². The number of benzene rings is 2. The number of rotatable bonds is 5. The minimum atomic E-state index is -4.10. The SMILES string of the molecule is CC(=O)c1ccc(S(=O)(=O)NC(=O)C2(c3cccc(F)c3)CCCC2)cc1. The van der Waals surface area contributed by atoms with Crippen LogP contribution in [-0.2, 0) is 20.2 Å². The Kier molecular flexibility index (Phi) is 5.15. The molecule has 2 aromatic carbocycles. The van der Waals surface area contributed by atoms with E-state index in [1.165, 1.54) is 49.4 Å². The average Bonchev–Trinajstić information content (AvgIpc) is 3.13. The maximum absolute atomic E-state index is 13.7. The number of Topliss-reactive ketones (excluding diaryl/α,β-unsaturated/α-hetero) is 1. The third kappa shape index (κ3) is 3.78. The molecule has 1 aliphatic carbocycles. The molecule has 0 heterocycles. The summed E-state index contributed by atoms with van der Waals surface area (Å²) in [7, 11) is -4.10. The summed E-state index contributed by atoms with van der Waals surface area (Å²) in [6, 6.07) is 11.1. The number of halogens is 1. The lowest BCUT2D eigenvalue weighted by molar-refractivity contribution is -0.124. The molecule has 1 amide bonds. The van der Waals surface area contributed by atoms with E-state index in [-0.39, 0.29) is 10.7 Å². The van der Waals surface area contributed by atoms with Gasteiger partial charge in [-0.2, -0.15) is 0 Å². The molecule has 0 radical (unpaired) electrons. The Bertz CT molecular complexity index is 977. The highest BCUT2D eigenvalue weighted by Crippen LogP contribution is 2.41. The third-order valence-electron chi connectivity index (χ3n) is 5.07. The summed E-state index contributed by atoms with van der Waals surface area (Å²) in [6.07, 6.45) is 2.44. The molecule has 5 nitrogen and oxygen atoms in total.